The van der Waals surface area contributed by atoms with Gasteiger partial charge < -0.3 is 14.6 Å². The van der Waals surface area contributed by atoms with Gasteiger partial charge in [0.2, 0.25) is 0 Å². The maximum atomic E-state index is 5.92. The molecule has 0 aromatic heterocycles. The molecule has 4 heteroatoms. The zero-order valence-corrected chi connectivity index (χ0v) is 10.2. The van der Waals surface area contributed by atoms with Crippen molar-refractivity contribution in [1.29, 1.82) is 0 Å². The summed E-state index contributed by atoms with van der Waals surface area (Å²) >= 11 is 0. The highest BCUT2D eigenvalue weighted by atomic mass is 28.3. The largest absolute Gasteiger partial charge is 0.397 e. The lowest BCUT2D eigenvalue weighted by atomic mass is 10.2. The molecule has 0 spiro atoms. The molecule has 2 N–H and O–H groups in total. The van der Waals surface area contributed by atoms with Crippen molar-refractivity contribution < 1.29 is 8.85 Å². The molecule has 13 heavy (non-hydrogen) atoms. The fourth-order valence-electron chi connectivity index (χ4n) is 1.29. The topological polar surface area (TPSA) is 44.5 Å². The summed E-state index contributed by atoms with van der Waals surface area (Å²) in [6.45, 7) is 7.65. The van der Waals surface area contributed by atoms with Gasteiger partial charge in [-0.2, -0.15) is 0 Å². The van der Waals surface area contributed by atoms with Gasteiger partial charge in [0.15, 0.2) is 0 Å². The second-order valence-electron chi connectivity index (χ2n) is 3.12. The van der Waals surface area contributed by atoms with E-state index in [1.165, 1.54) is 0 Å². The Hall–Kier alpha value is 0.0969. The van der Waals surface area contributed by atoms with Crippen LogP contribution in [0, 0.1) is 0 Å². The molecular weight excluding hydrogens is 182 g/mol. The standard InChI is InChI=1S/C9H23NO2Si/c1-4-7-9(10)8-13(11-5-2)12-6-3/h9,13H,4-8,10H2,1-3H3. The highest BCUT2D eigenvalue weighted by molar-refractivity contribution is 6.44. The van der Waals surface area contributed by atoms with Gasteiger partial charge >= 0.3 is 9.28 Å². The Kier molecular flexibility index (Phi) is 8.75. The molecule has 80 valence electrons. The van der Waals surface area contributed by atoms with E-state index in [1.807, 2.05) is 13.8 Å². The summed E-state index contributed by atoms with van der Waals surface area (Å²) in [5.41, 5.74) is 5.92. The molecule has 0 saturated carbocycles. The van der Waals surface area contributed by atoms with Crippen molar-refractivity contribution in [1.82, 2.24) is 0 Å². The van der Waals surface area contributed by atoms with E-state index in [1.54, 1.807) is 0 Å². The van der Waals surface area contributed by atoms with Gasteiger partial charge in [-0.3, -0.25) is 0 Å². The maximum Gasteiger partial charge on any atom is 0.322 e. The van der Waals surface area contributed by atoms with Crippen LogP contribution >= 0.6 is 0 Å². The molecule has 0 aliphatic carbocycles. The first-order valence-electron chi connectivity index (χ1n) is 5.23. The van der Waals surface area contributed by atoms with E-state index in [2.05, 4.69) is 6.92 Å². The molecule has 0 fully saturated rings. The van der Waals surface area contributed by atoms with Crippen LogP contribution in [0.3, 0.4) is 0 Å². The van der Waals surface area contributed by atoms with Crippen molar-refractivity contribution in [3.05, 3.63) is 0 Å². The molecule has 0 rings (SSSR count). The Morgan fingerprint density at radius 1 is 1.15 bits per heavy atom. The second kappa shape index (κ2) is 8.68. The molecule has 3 nitrogen and oxygen atoms in total. The van der Waals surface area contributed by atoms with Crippen LogP contribution in [0.25, 0.3) is 0 Å². The minimum absolute atomic E-state index is 0.264. The lowest BCUT2D eigenvalue weighted by Crippen LogP contribution is -2.32. The third-order valence-corrected chi connectivity index (χ3v) is 4.26. The summed E-state index contributed by atoms with van der Waals surface area (Å²) in [4.78, 5) is 0. The lowest BCUT2D eigenvalue weighted by Gasteiger charge is -2.18. The van der Waals surface area contributed by atoms with E-state index < -0.39 is 9.28 Å². The molecule has 1 atom stereocenters. The maximum absolute atomic E-state index is 5.92. The monoisotopic (exact) mass is 205 g/mol. The summed E-state index contributed by atoms with van der Waals surface area (Å²) in [7, 11) is -1.45. The molecule has 0 heterocycles. The molecule has 0 bridgehead atoms. The van der Waals surface area contributed by atoms with Crippen LogP contribution in [0.2, 0.25) is 6.04 Å². The second-order valence-corrected chi connectivity index (χ2v) is 5.12. The summed E-state index contributed by atoms with van der Waals surface area (Å²) in [6.07, 6.45) is 2.21. The van der Waals surface area contributed by atoms with Crippen molar-refractivity contribution >= 4 is 9.28 Å². The zero-order valence-electron chi connectivity index (χ0n) is 9.08. The first kappa shape index (κ1) is 13.1. The predicted octanol–water partition coefficient (Wildman–Crippen LogP) is 1.41. The van der Waals surface area contributed by atoms with E-state index >= 15 is 0 Å². The van der Waals surface area contributed by atoms with Crippen LogP contribution in [0.15, 0.2) is 0 Å². The van der Waals surface area contributed by atoms with Crippen LogP contribution in [0.5, 0.6) is 0 Å². The van der Waals surface area contributed by atoms with Crippen LogP contribution in [0.1, 0.15) is 33.6 Å². The minimum atomic E-state index is -1.45. The first-order chi connectivity index (χ1) is 6.24. The predicted molar refractivity (Wildman–Crippen MR) is 58.1 cm³/mol. The molecule has 0 radical (unpaired) electrons. The van der Waals surface area contributed by atoms with E-state index in [0.717, 1.165) is 32.1 Å². The third kappa shape index (κ3) is 7.19. The van der Waals surface area contributed by atoms with Crippen molar-refractivity contribution in [2.75, 3.05) is 13.2 Å². The first-order valence-corrected chi connectivity index (χ1v) is 6.99. The van der Waals surface area contributed by atoms with Gasteiger partial charge in [-0.1, -0.05) is 13.3 Å². The smallest absolute Gasteiger partial charge is 0.322 e. The van der Waals surface area contributed by atoms with Crippen LogP contribution in [-0.4, -0.2) is 28.5 Å². The van der Waals surface area contributed by atoms with Crippen LogP contribution in [0.4, 0.5) is 0 Å². The highest BCUT2D eigenvalue weighted by Gasteiger charge is 2.16. The van der Waals surface area contributed by atoms with Gasteiger partial charge in [0.1, 0.15) is 0 Å². The Balaban J connectivity index is 3.64. The Morgan fingerprint density at radius 2 is 1.69 bits per heavy atom. The van der Waals surface area contributed by atoms with Gasteiger partial charge in [0, 0.05) is 25.3 Å². The van der Waals surface area contributed by atoms with Crippen LogP contribution < -0.4 is 5.73 Å². The number of hydrogen-bond acceptors (Lipinski definition) is 3. The van der Waals surface area contributed by atoms with Crippen molar-refractivity contribution in [2.45, 2.75) is 45.7 Å². The van der Waals surface area contributed by atoms with Gasteiger partial charge in [0.25, 0.3) is 0 Å². The molecular formula is C9H23NO2Si. The van der Waals surface area contributed by atoms with Crippen molar-refractivity contribution in [3.8, 4) is 0 Å². The summed E-state index contributed by atoms with van der Waals surface area (Å²) in [5, 5.41) is 0. The molecule has 0 aliphatic rings. The minimum Gasteiger partial charge on any atom is -0.397 e. The summed E-state index contributed by atoms with van der Waals surface area (Å²) in [6, 6.07) is 1.20. The van der Waals surface area contributed by atoms with Gasteiger partial charge in [-0.05, 0) is 20.3 Å². The normalized spacial score (nSPS) is 13.6. The van der Waals surface area contributed by atoms with Crippen molar-refractivity contribution in [2.24, 2.45) is 5.73 Å². The molecule has 0 saturated heterocycles. The SMILES string of the molecule is CCCC(N)C[SiH](OCC)OCC. The summed E-state index contributed by atoms with van der Waals surface area (Å²) < 4.78 is 11.1. The van der Waals surface area contributed by atoms with E-state index in [4.69, 9.17) is 14.6 Å². The zero-order chi connectivity index (χ0) is 10.1. The van der Waals surface area contributed by atoms with Crippen molar-refractivity contribution in [3.63, 3.8) is 0 Å². The fourth-order valence-corrected chi connectivity index (χ4v) is 3.13. The quantitative estimate of drug-likeness (QED) is 0.609. The van der Waals surface area contributed by atoms with E-state index in [-0.39, 0.29) is 6.04 Å². The van der Waals surface area contributed by atoms with Crippen LogP contribution in [-0.2, 0) is 8.85 Å². The van der Waals surface area contributed by atoms with E-state index in [0.29, 0.717) is 0 Å². The molecule has 0 aromatic carbocycles. The Bertz CT molecular complexity index is 108. The lowest BCUT2D eigenvalue weighted by molar-refractivity contribution is 0.211. The summed E-state index contributed by atoms with van der Waals surface area (Å²) in [5.74, 6) is 0. The number of rotatable bonds is 8. The average Bonchev–Trinajstić information content (AvgIpc) is 2.05. The highest BCUT2D eigenvalue weighted by Crippen LogP contribution is 2.05. The Labute approximate surface area is 83.5 Å². The molecule has 1 unspecified atom stereocenters. The number of hydrogen-bond donors (Lipinski definition) is 1. The molecule has 0 aromatic rings. The van der Waals surface area contributed by atoms with Gasteiger partial charge in [-0.15, -0.1) is 0 Å². The Morgan fingerprint density at radius 3 is 2.08 bits per heavy atom. The molecule has 0 amide bonds. The van der Waals surface area contributed by atoms with E-state index in [9.17, 15) is 0 Å². The fraction of sp³-hybridized carbons (Fsp3) is 1.00. The molecule has 0 aliphatic heterocycles. The average molecular weight is 205 g/mol. The van der Waals surface area contributed by atoms with Gasteiger partial charge in [-0.25, -0.2) is 0 Å². The third-order valence-electron chi connectivity index (χ3n) is 1.86. The number of nitrogens with two attached hydrogens (primary N) is 1. The van der Waals surface area contributed by atoms with Gasteiger partial charge in [0.05, 0.1) is 0 Å².